The predicted molar refractivity (Wildman–Crippen MR) is 88.4 cm³/mol. The van der Waals surface area contributed by atoms with E-state index in [1.165, 1.54) is 23.6 Å². The topological polar surface area (TPSA) is 125 Å². The highest BCUT2D eigenvalue weighted by Gasteiger charge is 2.44. The van der Waals surface area contributed by atoms with E-state index in [4.69, 9.17) is 16.3 Å². The average molecular weight is 370 g/mol. The summed E-state index contributed by atoms with van der Waals surface area (Å²) in [7, 11) is 0. The van der Waals surface area contributed by atoms with Gasteiger partial charge in [0, 0.05) is 6.04 Å². The number of anilines is 1. The van der Waals surface area contributed by atoms with Gasteiger partial charge in [-0.3, -0.25) is 0 Å². The number of hydrogen-bond acceptors (Lipinski definition) is 8. The van der Waals surface area contributed by atoms with Crippen molar-refractivity contribution in [3.63, 3.8) is 0 Å². The van der Waals surface area contributed by atoms with E-state index in [-0.39, 0.29) is 5.28 Å². The van der Waals surface area contributed by atoms with Crippen LogP contribution < -0.4 is 5.32 Å². The van der Waals surface area contributed by atoms with Gasteiger partial charge in [0.15, 0.2) is 11.5 Å². The second kappa shape index (κ2) is 6.65. The highest BCUT2D eigenvalue weighted by molar-refractivity contribution is 6.28. The molecule has 2 aromatic heterocycles. The lowest BCUT2D eigenvalue weighted by molar-refractivity contribution is -0.0244. The molecule has 0 amide bonds. The van der Waals surface area contributed by atoms with Crippen molar-refractivity contribution in [1.29, 1.82) is 0 Å². The zero-order valence-electron chi connectivity index (χ0n) is 13.4. The maximum atomic E-state index is 10.2. The number of halogens is 1. The van der Waals surface area contributed by atoms with E-state index in [2.05, 4.69) is 20.4 Å². The minimum absolute atomic E-state index is 0.0407. The summed E-state index contributed by atoms with van der Waals surface area (Å²) in [5, 5.41) is 37.0. The summed E-state index contributed by atoms with van der Waals surface area (Å²) < 4.78 is 7.03. The molecule has 1 aliphatic heterocycles. The molecule has 0 bridgehead atoms. The molecule has 2 aromatic rings. The van der Waals surface area contributed by atoms with Gasteiger partial charge in [-0.05, 0) is 24.4 Å². The molecule has 1 unspecified atom stereocenters. The average Bonchev–Trinajstić information content (AvgIpc) is 3.29. The fraction of sp³-hybridized carbons (Fsp3) is 0.667. The van der Waals surface area contributed by atoms with Gasteiger partial charge in [0.2, 0.25) is 5.28 Å². The molecule has 1 aliphatic carbocycles. The number of fused-ring (bicyclic) bond motifs is 1. The molecule has 4 rings (SSSR count). The van der Waals surface area contributed by atoms with Crippen LogP contribution in [0.3, 0.4) is 0 Å². The molecule has 9 nitrogen and oxygen atoms in total. The van der Waals surface area contributed by atoms with E-state index >= 15 is 0 Å². The van der Waals surface area contributed by atoms with Gasteiger partial charge in [-0.2, -0.15) is 4.98 Å². The van der Waals surface area contributed by atoms with Crippen molar-refractivity contribution in [3.05, 3.63) is 17.2 Å². The van der Waals surface area contributed by atoms with E-state index in [0.29, 0.717) is 23.2 Å². The summed E-state index contributed by atoms with van der Waals surface area (Å²) in [4.78, 5) is 8.58. The third-order valence-corrected chi connectivity index (χ3v) is 5.05. The standard InChI is InChI=1S/C15H20ClN5O4/c16-15-19-13(18-7-3-1-2-4-7)14-17-5-8(21(14)20-15)12-11(24)10(23)9(6-22)25-12/h5,7,9-12,22-24H,1-4,6H2,(H,18,19,20)/t9-,10-,11-,12?/m1/s1. The Morgan fingerprint density at radius 2 is 2.04 bits per heavy atom. The molecule has 4 N–H and O–H groups in total. The molecule has 136 valence electrons. The van der Waals surface area contributed by atoms with Crippen LogP contribution in [0, 0.1) is 0 Å². The first-order chi connectivity index (χ1) is 12.1. The Bertz CT molecular complexity index is 766. The number of ether oxygens (including phenoxy) is 1. The van der Waals surface area contributed by atoms with Crippen LogP contribution in [0.5, 0.6) is 0 Å². The van der Waals surface area contributed by atoms with Crippen molar-refractivity contribution in [2.45, 2.75) is 56.1 Å². The third kappa shape index (κ3) is 2.96. The fourth-order valence-electron chi connectivity index (χ4n) is 3.57. The molecule has 2 aliphatic rings. The summed E-state index contributed by atoms with van der Waals surface area (Å²) in [5.74, 6) is 0.532. The van der Waals surface area contributed by atoms with Crippen LogP contribution in [0.1, 0.15) is 37.5 Å². The Morgan fingerprint density at radius 1 is 1.28 bits per heavy atom. The Hall–Kier alpha value is -1.52. The van der Waals surface area contributed by atoms with Crippen molar-refractivity contribution in [2.75, 3.05) is 11.9 Å². The van der Waals surface area contributed by atoms with E-state index in [9.17, 15) is 15.3 Å². The number of aliphatic hydroxyl groups is 3. The summed E-state index contributed by atoms with van der Waals surface area (Å²) in [6.45, 7) is -0.393. The molecule has 2 fully saturated rings. The van der Waals surface area contributed by atoms with Gasteiger partial charge < -0.3 is 25.4 Å². The zero-order valence-corrected chi connectivity index (χ0v) is 14.2. The second-order valence-electron chi connectivity index (χ2n) is 6.53. The molecule has 1 saturated heterocycles. The SMILES string of the molecule is OC[C@H]1OC(c2cnc3c(NC4CCCC4)nc(Cl)nn23)[C@H](O)[C@@H]1O. The Balaban J connectivity index is 1.70. The lowest BCUT2D eigenvalue weighted by atomic mass is 10.1. The van der Waals surface area contributed by atoms with Crippen LogP contribution in [-0.4, -0.2) is 65.9 Å². The van der Waals surface area contributed by atoms with Gasteiger partial charge in [-0.25, -0.2) is 9.50 Å². The summed E-state index contributed by atoms with van der Waals surface area (Å²) in [6, 6.07) is 0.323. The molecule has 0 spiro atoms. The molecule has 25 heavy (non-hydrogen) atoms. The van der Waals surface area contributed by atoms with Crippen molar-refractivity contribution < 1.29 is 20.1 Å². The number of imidazole rings is 1. The lowest BCUT2D eigenvalue weighted by Gasteiger charge is -2.15. The normalized spacial score (nSPS) is 30.4. The summed E-state index contributed by atoms with van der Waals surface area (Å²) in [5.41, 5.74) is 0.917. The summed E-state index contributed by atoms with van der Waals surface area (Å²) >= 11 is 6.06. The van der Waals surface area contributed by atoms with Gasteiger partial charge in [0.05, 0.1) is 18.5 Å². The van der Waals surface area contributed by atoms with Crippen LogP contribution in [0.4, 0.5) is 5.82 Å². The monoisotopic (exact) mass is 369 g/mol. The van der Waals surface area contributed by atoms with Crippen LogP contribution in [0.2, 0.25) is 5.28 Å². The zero-order chi connectivity index (χ0) is 17.6. The van der Waals surface area contributed by atoms with E-state index in [1.807, 2.05) is 0 Å². The van der Waals surface area contributed by atoms with Gasteiger partial charge in [-0.1, -0.05) is 12.8 Å². The molecule has 1 saturated carbocycles. The minimum Gasteiger partial charge on any atom is -0.394 e. The fourth-order valence-corrected chi connectivity index (χ4v) is 3.73. The molecule has 0 radical (unpaired) electrons. The quantitative estimate of drug-likeness (QED) is 0.606. The molecule has 4 atom stereocenters. The first-order valence-electron chi connectivity index (χ1n) is 8.38. The highest BCUT2D eigenvalue weighted by Crippen LogP contribution is 2.34. The van der Waals surface area contributed by atoms with Crippen LogP contribution >= 0.6 is 11.6 Å². The van der Waals surface area contributed by atoms with E-state index < -0.39 is 31.0 Å². The van der Waals surface area contributed by atoms with Gasteiger partial charge in [0.25, 0.3) is 0 Å². The summed E-state index contributed by atoms with van der Waals surface area (Å²) in [6.07, 6.45) is 1.88. The molecule has 3 heterocycles. The number of hydrogen-bond donors (Lipinski definition) is 4. The maximum absolute atomic E-state index is 10.2. The second-order valence-corrected chi connectivity index (χ2v) is 6.87. The van der Waals surface area contributed by atoms with Gasteiger partial charge in [0.1, 0.15) is 24.4 Å². The largest absolute Gasteiger partial charge is 0.394 e. The van der Waals surface area contributed by atoms with E-state index in [1.54, 1.807) is 0 Å². The van der Waals surface area contributed by atoms with Crippen molar-refractivity contribution in [2.24, 2.45) is 0 Å². The number of nitrogens with one attached hydrogen (secondary N) is 1. The highest BCUT2D eigenvalue weighted by atomic mass is 35.5. The number of nitrogens with zero attached hydrogens (tertiary/aromatic N) is 4. The minimum atomic E-state index is -1.20. The first-order valence-corrected chi connectivity index (χ1v) is 8.76. The van der Waals surface area contributed by atoms with Gasteiger partial charge in [-0.15, -0.1) is 5.10 Å². The van der Waals surface area contributed by atoms with Crippen molar-refractivity contribution >= 4 is 23.1 Å². The predicted octanol–water partition coefficient (Wildman–Crippen LogP) is 0.286. The lowest BCUT2D eigenvalue weighted by Crippen LogP contribution is -2.32. The number of aliphatic hydroxyl groups excluding tert-OH is 3. The smallest absolute Gasteiger partial charge is 0.243 e. The Morgan fingerprint density at radius 3 is 2.72 bits per heavy atom. The van der Waals surface area contributed by atoms with Crippen LogP contribution in [-0.2, 0) is 4.74 Å². The van der Waals surface area contributed by atoms with Gasteiger partial charge >= 0.3 is 0 Å². The molecule has 10 heteroatoms. The first kappa shape index (κ1) is 16.9. The Labute approximate surface area is 148 Å². The number of aromatic nitrogens is 4. The molecular weight excluding hydrogens is 350 g/mol. The Kier molecular flexibility index (Phi) is 4.50. The molecule has 0 aromatic carbocycles. The number of rotatable bonds is 4. The van der Waals surface area contributed by atoms with Crippen LogP contribution in [0.25, 0.3) is 5.65 Å². The van der Waals surface area contributed by atoms with Crippen molar-refractivity contribution in [3.8, 4) is 0 Å². The molecular formula is C15H20ClN5O4. The third-order valence-electron chi connectivity index (χ3n) is 4.89. The van der Waals surface area contributed by atoms with Crippen LogP contribution in [0.15, 0.2) is 6.20 Å². The maximum Gasteiger partial charge on any atom is 0.243 e. The van der Waals surface area contributed by atoms with E-state index in [0.717, 1.165) is 12.8 Å². The van der Waals surface area contributed by atoms with Crippen molar-refractivity contribution in [1.82, 2.24) is 19.6 Å².